The number of hydrogen-bond donors (Lipinski definition) is 2. The van der Waals surface area contributed by atoms with Crippen molar-refractivity contribution in [3.8, 4) is 0 Å². The van der Waals surface area contributed by atoms with Crippen LogP contribution in [0.5, 0.6) is 0 Å². The third kappa shape index (κ3) is 6.47. The van der Waals surface area contributed by atoms with E-state index in [-0.39, 0.29) is 5.92 Å². The maximum atomic E-state index is 4.84. The third-order valence-electron chi connectivity index (χ3n) is 4.69. The van der Waals surface area contributed by atoms with Gasteiger partial charge in [0.1, 0.15) is 5.84 Å². The van der Waals surface area contributed by atoms with Crippen LogP contribution in [0.15, 0.2) is 65.2 Å². The molecule has 0 atom stereocenters. The average molecular weight is 423 g/mol. The molecule has 0 heterocycles. The van der Waals surface area contributed by atoms with Crippen LogP contribution in [0.2, 0.25) is 0 Å². The van der Waals surface area contributed by atoms with Crippen molar-refractivity contribution in [2.24, 2.45) is 15.9 Å². The highest BCUT2D eigenvalue weighted by Gasteiger charge is 2.14. The van der Waals surface area contributed by atoms with Crippen LogP contribution < -0.4 is 15.9 Å². The van der Waals surface area contributed by atoms with E-state index in [0.29, 0.717) is 5.96 Å². The van der Waals surface area contributed by atoms with Gasteiger partial charge < -0.3 is 10.6 Å². The molecule has 0 aliphatic rings. The third-order valence-corrected chi connectivity index (χ3v) is 6.39. The molecule has 0 aliphatic heterocycles. The zero-order valence-corrected chi connectivity index (χ0v) is 20.1. The number of benzene rings is 2. The number of aryl methyl sites for hydroxylation is 2. The average Bonchev–Trinajstić information content (AvgIpc) is 2.68. The Balaban J connectivity index is 2.42. The van der Waals surface area contributed by atoms with Crippen LogP contribution in [0.1, 0.15) is 31.9 Å². The first-order valence-corrected chi connectivity index (χ1v) is 13.2. The minimum atomic E-state index is -1.44. The maximum absolute atomic E-state index is 4.84. The minimum Gasteiger partial charge on any atom is -0.343 e. The van der Waals surface area contributed by atoms with Crippen LogP contribution >= 0.6 is 6.89 Å². The van der Waals surface area contributed by atoms with E-state index in [1.807, 2.05) is 6.07 Å². The van der Waals surface area contributed by atoms with Crippen molar-refractivity contribution in [1.82, 2.24) is 0 Å². The number of guanidine groups is 1. The molecule has 0 saturated heterocycles. The topological polar surface area (TPSA) is 48.8 Å². The highest BCUT2D eigenvalue weighted by Crippen LogP contribution is 2.37. The Labute approximate surface area is 182 Å². The molecule has 0 bridgehead atoms. The molecule has 0 aromatic heterocycles. The predicted molar refractivity (Wildman–Crippen MR) is 140 cm³/mol. The Bertz CT molecular complexity index is 996. The summed E-state index contributed by atoms with van der Waals surface area (Å²) in [5, 5.41) is 8.19. The molecule has 2 rings (SSSR count). The van der Waals surface area contributed by atoms with Crippen molar-refractivity contribution < 1.29 is 0 Å². The van der Waals surface area contributed by atoms with Crippen LogP contribution in [0.25, 0.3) is 0 Å². The summed E-state index contributed by atoms with van der Waals surface area (Å²) in [6.45, 7) is 15.2. The Hall–Kier alpha value is -2.58. The van der Waals surface area contributed by atoms with Gasteiger partial charge in [0.05, 0.1) is 0 Å². The number of rotatable bonds is 6. The van der Waals surface area contributed by atoms with E-state index >= 15 is 0 Å². The highest BCUT2D eigenvalue weighted by atomic mass is 31.2. The molecule has 4 nitrogen and oxygen atoms in total. The highest BCUT2D eigenvalue weighted by molar-refractivity contribution is 7.79. The summed E-state index contributed by atoms with van der Waals surface area (Å²) < 4.78 is 0. The zero-order chi connectivity index (χ0) is 22.3. The van der Waals surface area contributed by atoms with Crippen molar-refractivity contribution in [3.05, 3.63) is 66.4 Å². The number of amidine groups is 1. The van der Waals surface area contributed by atoms with Crippen molar-refractivity contribution in [2.75, 3.05) is 24.0 Å². The van der Waals surface area contributed by atoms with Crippen LogP contribution in [-0.2, 0) is 6.42 Å². The summed E-state index contributed by atoms with van der Waals surface area (Å²) in [5.41, 5.74) is 4.54. The summed E-state index contributed by atoms with van der Waals surface area (Å²) in [6, 6.07) is 14.7. The van der Waals surface area contributed by atoms with E-state index in [1.165, 1.54) is 22.6 Å². The number of hydrogen-bond acceptors (Lipinski definition) is 1. The van der Waals surface area contributed by atoms with Crippen LogP contribution in [-0.4, -0.2) is 31.4 Å². The number of aliphatic imine (C=N–C) groups is 2. The van der Waals surface area contributed by atoms with E-state index in [0.717, 1.165) is 23.6 Å². The lowest BCUT2D eigenvalue weighted by Gasteiger charge is -2.21. The van der Waals surface area contributed by atoms with Gasteiger partial charge in [-0.1, -0.05) is 76.4 Å². The summed E-state index contributed by atoms with van der Waals surface area (Å²) in [6.07, 6.45) is 6.85. The first-order chi connectivity index (χ1) is 14.2. The molecule has 2 aromatic rings. The van der Waals surface area contributed by atoms with Gasteiger partial charge in [0.25, 0.3) is 0 Å². The van der Waals surface area contributed by atoms with Crippen LogP contribution in [0, 0.1) is 12.8 Å². The smallest absolute Gasteiger partial charge is 0.228 e. The molecule has 0 radical (unpaired) electrons. The van der Waals surface area contributed by atoms with E-state index in [1.54, 1.807) is 0 Å². The fraction of sp³-hybridized carbons (Fsp3) is 0.320. The van der Waals surface area contributed by atoms with E-state index in [4.69, 9.17) is 4.99 Å². The molecule has 0 aliphatic carbocycles. The fourth-order valence-electron chi connectivity index (χ4n) is 3.09. The molecule has 5 heteroatoms. The van der Waals surface area contributed by atoms with Gasteiger partial charge in [0.2, 0.25) is 5.96 Å². The SMILES string of the molecule is C=CN=C(/N=C(/Nc1ccccc1P(=C)(C)C)C(C)C)Nc1ccc(C)cc1CC. The number of anilines is 2. The Kier molecular flexibility index (Phi) is 8.25. The predicted octanol–water partition coefficient (Wildman–Crippen LogP) is 5.97. The molecule has 0 saturated carbocycles. The van der Waals surface area contributed by atoms with Crippen LogP contribution in [0.4, 0.5) is 11.4 Å². The first-order valence-electron chi connectivity index (χ1n) is 10.3. The molecule has 2 N–H and O–H groups in total. The van der Waals surface area contributed by atoms with Crippen molar-refractivity contribution in [1.29, 1.82) is 0 Å². The van der Waals surface area contributed by atoms with Gasteiger partial charge in [-0.25, -0.2) is 4.99 Å². The van der Waals surface area contributed by atoms with Gasteiger partial charge in [0.15, 0.2) is 0 Å². The van der Waals surface area contributed by atoms with E-state index < -0.39 is 6.89 Å². The molecule has 160 valence electrons. The Morgan fingerprint density at radius 3 is 2.40 bits per heavy atom. The van der Waals surface area contributed by atoms with Gasteiger partial charge in [0, 0.05) is 23.5 Å². The Morgan fingerprint density at radius 1 is 1.10 bits per heavy atom. The monoisotopic (exact) mass is 422 g/mol. The molecule has 2 aromatic carbocycles. The van der Waals surface area contributed by atoms with Gasteiger partial charge in [-0.2, -0.15) is 4.99 Å². The molecule has 0 amide bonds. The van der Waals surface area contributed by atoms with E-state index in [9.17, 15) is 0 Å². The zero-order valence-electron chi connectivity index (χ0n) is 19.2. The molecule has 0 spiro atoms. The second-order valence-electron chi connectivity index (χ2n) is 8.25. The standard InChI is InChI=1S/C25H35N4P/c1-9-20-17-19(5)15-16-21(20)28-25(26-10-2)29-24(18(3)4)27-22-13-11-12-14-23(22)30(6,7)8/h10-18H,2,6,9H2,1,3-5,7-8H3,(H2,26,27,28,29). The van der Waals surface area contributed by atoms with Crippen LogP contribution in [0.3, 0.4) is 0 Å². The summed E-state index contributed by atoms with van der Waals surface area (Å²) >= 11 is 0. The number of nitrogens with zero attached hydrogens (tertiary/aromatic N) is 2. The van der Waals surface area contributed by atoms with E-state index in [2.05, 4.69) is 106 Å². The minimum absolute atomic E-state index is 0.185. The van der Waals surface area contributed by atoms with Gasteiger partial charge in [-0.05, 0) is 49.7 Å². The second-order valence-corrected chi connectivity index (χ2v) is 12.1. The number of para-hydroxylation sites is 1. The summed E-state index contributed by atoms with van der Waals surface area (Å²) in [7, 11) is 0. The maximum Gasteiger partial charge on any atom is 0.228 e. The molecular formula is C25H35N4P. The largest absolute Gasteiger partial charge is 0.343 e. The molecular weight excluding hydrogens is 387 g/mol. The lowest BCUT2D eigenvalue weighted by Crippen LogP contribution is -2.25. The van der Waals surface area contributed by atoms with Crippen molar-refractivity contribution in [3.63, 3.8) is 0 Å². The first kappa shape index (κ1) is 23.7. The quantitative estimate of drug-likeness (QED) is 0.342. The van der Waals surface area contributed by atoms with Crippen molar-refractivity contribution >= 4 is 41.7 Å². The Morgan fingerprint density at radius 2 is 1.80 bits per heavy atom. The lowest BCUT2D eigenvalue weighted by molar-refractivity contribution is 0.882. The lowest BCUT2D eigenvalue weighted by atomic mass is 10.1. The van der Waals surface area contributed by atoms with Crippen molar-refractivity contribution in [2.45, 2.75) is 34.1 Å². The molecule has 30 heavy (non-hydrogen) atoms. The van der Waals surface area contributed by atoms with Gasteiger partial charge in [-0.15, -0.1) is 0 Å². The van der Waals surface area contributed by atoms with Gasteiger partial charge >= 0.3 is 0 Å². The van der Waals surface area contributed by atoms with Gasteiger partial charge in [-0.3, -0.25) is 0 Å². The second kappa shape index (κ2) is 10.4. The molecule has 0 unspecified atom stereocenters. The molecule has 0 fully saturated rings. The fourth-order valence-corrected chi connectivity index (χ4v) is 4.37. The summed E-state index contributed by atoms with van der Waals surface area (Å²) in [4.78, 5) is 9.23. The summed E-state index contributed by atoms with van der Waals surface area (Å²) in [5.74, 6) is 1.54. The number of nitrogens with one attached hydrogen (secondary N) is 2. The normalized spacial score (nSPS) is 12.8.